The predicted octanol–water partition coefficient (Wildman–Crippen LogP) is 1.27. The van der Waals surface area contributed by atoms with Gasteiger partial charge in [0.15, 0.2) is 12.1 Å². The molecule has 2 unspecified atom stereocenters. The Morgan fingerprint density at radius 1 is 1.69 bits per heavy atom. The highest BCUT2D eigenvalue weighted by molar-refractivity contribution is 5.93. The topological polar surface area (TPSA) is 46.5 Å². The van der Waals surface area contributed by atoms with Crippen molar-refractivity contribution < 1.29 is 14.6 Å². The van der Waals surface area contributed by atoms with Gasteiger partial charge in [-0.05, 0) is 19.4 Å². The number of hydrogen-bond acceptors (Lipinski definition) is 3. The molecule has 0 aromatic rings. The standard InChI is InChI=1S/C10H16O3/c1-3-7-5-8(11)6-9(7)10(12)13-4-2/h5,9-10,12H,3-4,6H2,1-2H3. The molecule has 0 saturated carbocycles. The molecule has 2 atom stereocenters. The molecule has 0 aromatic carbocycles. The van der Waals surface area contributed by atoms with E-state index in [4.69, 9.17) is 4.74 Å². The fourth-order valence-corrected chi connectivity index (χ4v) is 1.66. The summed E-state index contributed by atoms with van der Waals surface area (Å²) in [6.45, 7) is 4.29. The minimum Gasteiger partial charge on any atom is -0.367 e. The van der Waals surface area contributed by atoms with Gasteiger partial charge in [0, 0.05) is 18.9 Å². The number of allylic oxidation sites excluding steroid dienone is 1. The van der Waals surface area contributed by atoms with E-state index in [0.29, 0.717) is 13.0 Å². The molecule has 0 aromatic heterocycles. The maximum atomic E-state index is 11.1. The smallest absolute Gasteiger partial charge is 0.161 e. The van der Waals surface area contributed by atoms with Crippen molar-refractivity contribution in [2.45, 2.75) is 33.0 Å². The van der Waals surface area contributed by atoms with Gasteiger partial charge >= 0.3 is 0 Å². The van der Waals surface area contributed by atoms with Gasteiger partial charge < -0.3 is 9.84 Å². The van der Waals surface area contributed by atoms with Crippen LogP contribution >= 0.6 is 0 Å². The minimum atomic E-state index is -0.817. The highest BCUT2D eigenvalue weighted by atomic mass is 16.6. The lowest BCUT2D eigenvalue weighted by molar-refractivity contribution is -0.130. The van der Waals surface area contributed by atoms with Crippen molar-refractivity contribution in [2.75, 3.05) is 6.61 Å². The van der Waals surface area contributed by atoms with Crippen LogP contribution in [0.15, 0.2) is 11.6 Å². The second kappa shape index (κ2) is 4.53. The van der Waals surface area contributed by atoms with Gasteiger partial charge in [0.05, 0.1) is 0 Å². The first-order valence-corrected chi connectivity index (χ1v) is 4.72. The van der Waals surface area contributed by atoms with E-state index in [9.17, 15) is 9.90 Å². The normalized spacial score (nSPS) is 24.7. The van der Waals surface area contributed by atoms with E-state index < -0.39 is 6.29 Å². The van der Waals surface area contributed by atoms with E-state index in [-0.39, 0.29) is 11.7 Å². The van der Waals surface area contributed by atoms with Crippen LogP contribution in [0.4, 0.5) is 0 Å². The second-order valence-electron chi connectivity index (χ2n) is 3.20. The van der Waals surface area contributed by atoms with Gasteiger partial charge in [0.25, 0.3) is 0 Å². The number of carbonyl (C=O) groups excluding carboxylic acids is 1. The summed E-state index contributed by atoms with van der Waals surface area (Å²) in [4.78, 5) is 11.1. The van der Waals surface area contributed by atoms with E-state index in [0.717, 1.165) is 12.0 Å². The van der Waals surface area contributed by atoms with Crippen molar-refractivity contribution in [1.29, 1.82) is 0 Å². The molecule has 0 aliphatic heterocycles. The molecule has 0 spiro atoms. The van der Waals surface area contributed by atoms with Gasteiger partial charge in [0.1, 0.15) is 0 Å². The van der Waals surface area contributed by atoms with E-state index in [1.807, 2.05) is 13.8 Å². The molecule has 0 amide bonds. The molecule has 0 bridgehead atoms. The zero-order chi connectivity index (χ0) is 9.84. The predicted molar refractivity (Wildman–Crippen MR) is 49.1 cm³/mol. The van der Waals surface area contributed by atoms with Crippen LogP contribution in [0.25, 0.3) is 0 Å². The SMILES string of the molecule is CCOC(O)C1CC(=O)C=C1CC. The monoisotopic (exact) mass is 184 g/mol. The zero-order valence-corrected chi connectivity index (χ0v) is 8.12. The van der Waals surface area contributed by atoms with Gasteiger partial charge in [-0.1, -0.05) is 12.5 Å². The third kappa shape index (κ3) is 2.39. The van der Waals surface area contributed by atoms with E-state index in [2.05, 4.69) is 0 Å². The molecule has 0 radical (unpaired) electrons. The van der Waals surface area contributed by atoms with Gasteiger partial charge in [-0.2, -0.15) is 0 Å². The van der Waals surface area contributed by atoms with Gasteiger partial charge in [-0.3, -0.25) is 4.79 Å². The molecule has 1 aliphatic carbocycles. The molecule has 3 nitrogen and oxygen atoms in total. The lowest BCUT2D eigenvalue weighted by Crippen LogP contribution is -2.24. The second-order valence-corrected chi connectivity index (χ2v) is 3.20. The van der Waals surface area contributed by atoms with Crippen molar-refractivity contribution in [1.82, 2.24) is 0 Å². The number of carbonyl (C=O) groups is 1. The average Bonchev–Trinajstić information content (AvgIpc) is 2.47. The number of rotatable bonds is 4. The van der Waals surface area contributed by atoms with E-state index in [1.165, 1.54) is 0 Å². The third-order valence-corrected chi connectivity index (χ3v) is 2.33. The van der Waals surface area contributed by atoms with Crippen molar-refractivity contribution in [2.24, 2.45) is 5.92 Å². The van der Waals surface area contributed by atoms with Crippen molar-refractivity contribution in [3.63, 3.8) is 0 Å². The maximum Gasteiger partial charge on any atom is 0.161 e. The Labute approximate surface area is 78.4 Å². The van der Waals surface area contributed by atoms with Crippen molar-refractivity contribution >= 4 is 5.78 Å². The van der Waals surface area contributed by atoms with Gasteiger partial charge in [0.2, 0.25) is 0 Å². The first kappa shape index (κ1) is 10.4. The molecule has 1 rings (SSSR count). The fraction of sp³-hybridized carbons (Fsp3) is 0.700. The number of hydrogen-bond donors (Lipinski definition) is 1. The highest BCUT2D eigenvalue weighted by Crippen LogP contribution is 2.29. The number of aliphatic hydroxyl groups is 1. The maximum absolute atomic E-state index is 11.1. The summed E-state index contributed by atoms with van der Waals surface area (Å²) in [6.07, 6.45) is 2.01. The Hall–Kier alpha value is -0.670. The molecule has 0 saturated heterocycles. The van der Waals surface area contributed by atoms with Crippen LogP contribution in [-0.4, -0.2) is 23.8 Å². The molecule has 13 heavy (non-hydrogen) atoms. The first-order valence-electron chi connectivity index (χ1n) is 4.72. The van der Waals surface area contributed by atoms with Crippen LogP contribution in [0.1, 0.15) is 26.7 Å². The van der Waals surface area contributed by atoms with Crippen LogP contribution in [0.2, 0.25) is 0 Å². The quantitative estimate of drug-likeness (QED) is 0.669. The summed E-state index contributed by atoms with van der Waals surface area (Å²) in [5.74, 6) is -0.0157. The lowest BCUT2D eigenvalue weighted by atomic mass is 9.99. The van der Waals surface area contributed by atoms with Gasteiger partial charge in [-0.15, -0.1) is 0 Å². The average molecular weight is 184 g/mol. The summed E-state index contributed by atoms with van der Waals surface area (Å²) < 4.78 is 5.07. The van der Waals surface area contributed by atoms with Crippen molar-refractivity contribution in [3.05, 3.63) is 11.6 Å². The van der Waals surface area contributed by atoms with Gasteiger partial charge in [-0.25, -0.2) is 0 Å². The summed E-state index contributed by atoms with van der Waals surface area (Å²) >= 11 is 0. The molecular weight excluding hydrogens is 168 g/mol. The van der Waals surface area contributed by atoms with Crippen LogP contribution in [-0.2, 0) is 9.53 Å². The number of aliphatic hydroxyl groups excluding tert-OH is 1. The Morgan fingerprint density at radius 2 is 2.38 bits per heavy atom. The van der Waals surface area contributed by atoms with E-state index >= 15 is 0 Å². The van der Waals surface area contributed by atoms with Crippen molar-refractivity contribution in [3.8, 4) is 0 Å². The molecule has 74 valence electrons. The molecule has 1 aliphatic rings. The summed E-state index contributed by atoms with van der Waals surface area (Å²) in [6, 6.07) is 0. The minimum absolute atomic E-state index is 0.0978. The number of ether oxygens (including phenoxy) is 1. The molecular formula is C10H16O3. The largest absolute Gasteiger partial charge is 0.367 e. The molecule has 0 heterocycles. The third-order valence-electron chi connectivity index (χ3n) is 2.33. The van der Waals surface area contributed by atoms with Crippen LogP contribution < -0.4 is 0 Å². The lowest BCUT2D eigenvalue weighted by Gasteiger charge is -2.19. The summed E-state index contributed by atoms with van der Waals surface area (Å²) in [7, 11) is 0. The van der Waals surface area contributed by atoms with E-state index in [1.54, 1.807) is 6.08 Å². The Balaban J connectivity index is 2.60. The first-order chi connectivity index (χ1) is 6.19. The Bertz CT molecular complexity index is 220. The zero-order valence-electron chi connectivity index (χ0n) is 8.12. The van der Waals surface area contributed by atoms with Crippen LogP contribution in [0, 0.1) is 5.92 Å². The molecule has 1 N–H and O–H groups in total. The Kier molecular flexibility index (Phi) is 3.63. The Morgan fingerprint density at radius 3 is 2.92 bits per heavy atom. The molecule has 3 heteroatoms. The summed E-state index contributed by atoms with van der Waals surface area (Å²) in [5, 5.41) is 9.55. The van der Waals surface area contributed by atoms with Crippen LogP contribution in [0.5, 0.6) is 0 Å². The molecule has 0 fully saturated rings. The van der Waals surface area contributed by atoms with Crippen LogP contribution in [0.3, 0.4) is 0 Å². The highest BCUT2D eigenvalue weighted by Gasteiger charge is 2.29. The summed E-state index contributed by atoms with van der Waals surface area (Å²) in [5.41, 5.74) is 1.01. The fourth-order valence-electron chi connectivity index (χ4n) is 1.66. The number of ketones is 1.